The summed E-state index contributed by atoms with van der Waals surface area (Å²) in [6.07, 6.45) is 0. The topological polar surface area (TPSA) is 34.6 Å². The minimum Gasteiger partial charge on any atom is -0.309 e. The van der Waals surface area contributed by atoms with Crippen LogP contribution in [-0.2, 0) is 0 Å². The molecule has 0 amide bonds. The Labute approximate surface area is 262 Å². The van der Waals surface area contributed by atoms with Crippen LogP contribution in [-0.4, -0.2) is 20.8 Å². The average Bonchev–Trinajstić information content (AvgIpc) is 3.60. The van der Waals surface area contributed by atoms with E-state index in [9.17, 15) is 0 Å². The molecule has 0 aliphatic carbocycles. The van der Waals surface area contributed by atoms with Crippen LogP contribution in [0.3, 0.4) is 0 Å². The number of fused-ring (bicyclic) bond motifs is 6. The molecule has 2 aromatic heterocycles. The molecule has 6 aromatic carbocycles. The molecule has 216 valence electrons. The van der Waals surface area contributed by atoms with Crippen molar-refractivity contribution < 1.29 is 0 Å². The van der Waals surface area contributed by atoms with E-state index in [2.05, 4.69) is 163 Å². The van der Waals surface area contributed by atoms with Gasteiger partial charge in [0.1, 0.15) is 0 Å². The van der Waals surface area contributed by atoms with Crippen molar-refractivity contribution in [3.63, 3.8) is 0 Å². The zero-order valence-electron chi connectivity index (χ0n) is 25.3. The van der Waals surface area contributed by atoms with Crippen molar-refractivity contribution >= 4 is 55.3 Å². The molecule has 4 heteroatoms. The van der Waals surface area contributed by atoms with Gasteiger partial charge in [0, 0.05) is 32.9 Å². The first-order chi connectivity index (χ1) is 22.2. The van der Waals surface area contributed by atoms with Crippen molar-refractivity contribution in [1.29, 1.82) is 0 Å². The van der Waals surface area contributed by atoms with Gasteiger partial charge in [-0.05, 0) is 61.4 Å². The molecule has 8 rings (SSSR count). The molecule has 0 radical (unpaired) electrons. The van der Waals surface area contributed by atoms with Gasteiger partial charge < -0.3 is 4.57 Å². The third-order valence-electron chi connectivity index (χ3n) is 8.73. The summed E-state index contributed by atoms with van der Waals surface area (Å²) in [5.41, 5.74) is 8.83. The monoisotopic (exact) mass is 580 g/mol. The van der Waals surface area contributed by atoms with E-state index in [-0.39, 0.29) is 6.04 Å². The zero-order valence-corrected chi connectivity index (χ0v) is 25.3. The molecule has 0 saturated carbocycles. The van der Waals surface area contributed by atoms with E-state index < -0.39 is 0 Å². The quantitative estimate of drug-likeness (QED) is 0.147. The summed E-state index contributed by atoms with van der Waals surface area (Å²) in [5, 5.41) is 4.76. The fourth-order valence-electron chi connectivity index (χ4n) is 6.51. The van der Waals surface area contributed by atoms with Crippen LogP contribution in [0.25, 0.3) is 49.3 Å². The number of benzene rings is 6. The molecular formula is C41H32N4. The second-order valence-electron chi connectivity index (χ2n) is 11.5. The van der Waals surface area contributed by atoms with Crippen molar-refractivity contribution in [3.8, 4) is 5.69 Å². The van der Waals surface area contributed by atoms with Crippen LogP contribution in [0.1, 0.15) is 31.0 Å². The van der Waals surface area contributed by atoms with Gasteiger partial charge in [-0.15, -0.1) is 0 Å². The molecule has 45 heavy (non-hydrogen) atoms. The Bertz CT molecular complexity index is 2380. The predicted molar refractivity (Wildman–Crippen MR) is 190 cm³/mol. The van der Waals surface area contributed by atoms with Crippen LogP contribution in [0.15, 0.2) is 162 Å². The van der Waals surface area contributed by atoms with Gasteiger partial charge in [-0.25, -0.2) is 9.98 Å². The van der Waals surface area contributed by atoms with Gasteiger partial charge in [-0.1, -0.05) is 115 Å². The van der Waals surface area contributed by atoms with Crippen molar-refractivity contribution in [2.75, 3.05) is 0 Å². The van der Waals surface area contributed by atoms with E-state index in [1.54, 1.807) is 0 Å². The summed E-state index contributed by atoms with van der Waals surface area (Å²) >= 11 is 0. The van der Waals surface area contributed by atoms with Crippen LogP contribution in [0.5, 0.6) is 0 Å². The van der Waals surface area contributed by atoms with Crippen molar-refractivity contribution in [2.45, 2.75) is 19.9 Å². The highest BCUT2D eigenvalue weighted by atomic mass is 15.2. The molecule has 0 spiro atoms. The number of aromatic nitrogens is 2. The van der Waals surface area contributed by atoms with Crippen LogP contribution in [0.2, 0.25) is 0 Å². The molecule has 2 heterocycles. The first-order valence-electron chi connectivity index (χ1n) is 15.4. The van der Waals surface area contributed by atoms with Crippen LogP contribution in [0.4, 0.5) is 0 Å². The Morgan fingerprint density at radius 2 is 1.07 bits per heavy atom. The number of hydrogen-bond donors (Lipinski definition) is 0. The van der Waals surface area contributed by atoms with Crippen LogP contribution in [0, 0.1) is 0 Å². The molecular weight excluding hydrogens is 548 g/mol. The van der Waals surface area contributed by atoms with Gasteiger partial charge in [0.05, 0.1) is 28.1 Å². The summed E-state index contributed by atoms with van der Waals surface area (Å²) in [7, 11) is 0. The minimum atomic E-state index is -0.0894. The fourth-order valence-corrected chi connectivity index (χ4v) is 6.51. The Morgan fingerprint density at radius 3 is 1.78 bits per heavy atom. The summed E-state index contributed by atoms with van der Waals surface area (Å²) in [6.45, 7) is 4.21. The molecule has 0 fully saturated rings. The molecule has 1 unspecified atom stereocenters. The molecule has 4 nitrogen and oxygen atoms in total. The van der Waals surface area contributed by atoms with E-state index in [1.807, 2.05) is 12.1 Å². The third kappa shape index (κ3) is 4.63. The van der Waals surface area contributed by atoms with E-state index in [0.29, 0.717) is 5.96 Å². The highest BCUT2D eigenvalue weighted by Gasteiger charge is 2.20. The van der Waals surface area contributed by atoms with Crippen molar-refractivity contribution in [2.24, 2.45) is 9.98 Å². The third-order valence-corrected chi connectivity index (χ3v) is 8.73. The van der Waals surface area contributed by atoms with Gasteiger partial charge in [-0.2, -0.15) is 0 Å². The zero-order chi connectivity index (χ0) is 30.3. The highest BCUT2D eigenvalue weighted by molar-refractivity contribution is 6.22. The van der Waals surface area contributed by atoms with Crippen molar-refractivity contribution in [1.82, 2.24) is 9.13 Å². The van der Waals surface area contributed by atoms with E-state index in [4.69, 9.17) is 9.98 Å². The summed E-state index contributed by atoms with van der Waals surface area (Å²) in [5.74, 6) is 0.671. The number of hydrogen-bond acceptors (Lipinski definition) is 1. The Balaban J connectivity index is 1.46. The maximum Gasteiger partial charge on any atom is 0.230 e. The lowest BCUT2D eigenvalue weighted by Gasteiger charge is -2.13. The fraction of sp³-hybridized carbons (Fsp3) is 0.0732. The van der Waals surface area contributed by atoms with Gasteiger partial charge in [0.15, 0.2) is 0 Å². The Morgan fingerprint density at radius 1 is 0.533 bits per heavy atom. The normalized spacial score (nSPS) is 13.3. The van der Waals surface area contributed by atoms with E-state index >= 15 is 0 Å². The second kappa shape index (κ2) is 11.1. The predicted octanol–water partition coefficient (Wildman–Crippen LogP) is 10.4. The van der Waals surface area contributed by atoms with Crippen LogP contribution < -0.4 is 0 Å². The Hall–Kier alpha value is -5.74. The number of rotatable bonds is 4. The summed E-state index contributed by atoms with van der Waals surface area (Å²) in [4.78, 5) is 10.6. The lowest BCUT2D eigenvalue weighted by molar-refractivity contribution is 0.810. The average molecular weight is 581 g/mol. The van der Waals surface area contributed by atoms with Gasteiger partial charge in [0.25, 0.3) is 0 Å². The maximum absolute atomic E-state index is 5.34. The molecule has 0 aliphatic heterocycles. The number of nitrogens with zero attached hydrogens (tertiary/aromatic N) is 4. The first-order valence-corrected chi connectivity index (χ1v) is 15.4. The van der Waals surface area contributed by atoms with Gasteiger partial charge in [0.2, 0.25) is 5.96 Å². The maximum atomic E-state index is 5.34. The van der Waals surface area contributed by atoms with Crippen LogP contribution >= 0.6 is 0 Å². The molecule has 0 saturated heterocycles. The van der Waals surface area contributed by atoms with Gasteiger partial charge in [-0.3, -0.25) is 4.57 Å². The van der Waals surface area contributed by atoms with E-state index in [0.717, 1.165) is 33.6 Å². The number of para-hydroxylation sites is 3. The largest absolute Gasteiger partial charge is 0.309 e. The molecule has 1 atom stereocenters. The lowest BCUT2D eigenvalue weighted by Crippen LogP contribution is -2.13. The molecule has 0 N–H and O–H groups in total. The van der Waals surface area contributed by atoms with Crippen molar-refractivity contribution in [3.05, 3.63) is 163 Å². The number of aliphatic imine (C=N–C) groups is 2. The first kappa shape index (κ1) is 26.9. The lowest BCUT2D eigenvalue weighted by atomic mass is 10.1. The van der Waals surface area contributed by atoms with E-state index in [1.165, 1.54) is 32.6 Å². The summed E-state index contributed by atoms with van der Waals surface area (Å²) < 4.78 is 4.63. The van der Waals surface area contributed by atoms with Gasteiger partial charge >= 0.3 is 0 Å². The standard InChI is InChI=1S/C41H32N4/c1-28(30-16-6-3-7-17-30)42-41(43-29(2)31-18-8-4-9-19-31)45-38-25-15-13-23-34(38)36-26-39-35(27-40(36)45)33-22-12-14-24-37(33)44(39)32-20-10-5-11-21-32/h3-28H,1-2H3/b42-41?,43-29+. The summed E-state index contributed by atoms with van der Waals surface area (Å²) in [6, 6.07) is 53.3. The minimum absolute atomic E-state index is 0.0894. The second-order valence-corrected chi connectivity index (χ2v) is 11.5. The molecule has 0 aliphatic rings. The SMILES string of the molecule is C/C(=N\C(=NC(C)c1ccccc1)n1c2ccccc2c2cc3c(cc21)c1ccccc1n3-c1ccccc1)c1ccccc1. The molecule has 8 aromatic rings. The molecule has 0 bridgehead atoms. The Kier molecular flexibility index (Phi) is 6.61. The smallest absolute Gasteiger partial charge is 0.230 e. The highest BCUT2D eigenvalue weighted by Crippen LogP contribution is 2.38.